The number of pyridine rings is 1. The third-order valence-electron chi connectivity index (χ3n) is 5.11. The highest BCUT2D eigenvalue weighted by atomic mass is 19.1. The molecule has 188 valence electrons. The molecule has 1 aromatic carbocycles. The van der Waals surface area contributed by atoms with Gasteiger partial charge in [0.2, 0.25) is 6.41 Å². The number of benzene rings is 1. The van der Waals surface area contributed by atoms with Gasteiger partial charge in [-0.15, -0.1) is 0 Å². The number of rotatable bonds is 13. The van der Waals surface area contributed by atoms with Crippen LogP contribution in [0.15, 0.2) is 59.1 Å². The molecule has 0 spiro atoms. The SMILES string of the molecule is C=N/C(=C(/C(=O)N(C)CCC(C)O)N(COc1cccc(F)c1)Cc1ccc(C)cn1)N(C)C=O. The van der Waals surface area contributed by atoms with Crippen molar-refractivity contribution in [2.24, 2.45) is 4.99 Å². The summed E-state index contributed by atoms with van der Waals surface area (Å²) >= 11 is 0. The van der Waals surface area contributed by atoms with Crippen molar-refractivity contribution in [1.82, 2.24) is 19.7 Å². The first-order valence-corrected chi connectivity index (χ1v) is 11.0. The predicted octanol–water partition coefficient (Wildman–Crippen LogP) is 2.55. The van der Waals surface area contributed by atoms with Crippen LogP contribution >= 0.6 is 0 Å². The Morgan fingerprint density at radius 3 is 2.63 bits per heavy atom. The highest BCUT2D eigenvalue weighted by Crippen LogP contribution is 2.21. The van der Waals surface area contributed by atoms with Crippen LogP contribution < -0.4 is 4.74 Å². The maximum Gasteiger partial charge on any atom is 0.273 e. The van der Waals surface area contributed by atoms with Crippen molar-refractivity contribution in [3.8, 4) is 5.75 Å². The monoisotopic (exact) mass is 485 g/mol. The Hall–Kier alpha value is -3.79. The molecule has 0 saturated carbocycles. The Balaban J connectivity index is 2.53. The molecule has 0 radical (unpaired) electrons. The topological polar surface area (TPSA) is 98.6 Å². The van der Waals surface area contributed by atoms with Crippen LogP contribution in [0.1, 0.15) is 24.6 Å². The first-order valence-electron chi connectivity index (χ1n) is 11.0. The fourth-order valence-corrected chi connectivity index (χ4v) is 3.12. The Morgan fingerprint density at radius 2 is 2.06 bits per heavy atom. The summed E-state index contributed by atoms with van der Waals surface area (Å²) in [5.41, 5.74) is 1.64. The molecule has 0 saturated heterocycles. The highest BCUT2D eigenvalue weighted by molar-refractivity contribution is 5.93. The third kappa shape index (κ3) is 8.18. The molecule has 1 aromatic heterocycles. The lowest BCUT2D eigenvalue weighted by Gasteiger charge is -2.31. The van der Waals surface area contributed by atoms with Gasteiger partial charge in [0.05, 0.1) is 18.3 Å². The summed E-state index contributed by atoms with van der Waals surface area (Å²) in [7, 11) is 3.04. The van der Waals surface area contributed by atoms with Crippen LogP contribution in [0.5, 0.6) is 5.75 Å². The fourth-order valence-electron chi connectivity index (χ4n) is 3.12. The first kappa shape index (κ1) is 27.5. The van der Waals surface area contributed by atoms with Gasteiger partial charge < -0.3 is 24.5 Å². The number of aryl methyl sites for hydroxylation is 1. The quantitative estimate of drug-likeness (QED) is 0.203. The number of hydrogen-bond acceptors (Lipinski definition) is 7. The van der Waals surface area contributed by atoms with E-state index in [0.717, 1.165) is 10.5 Å². The fraction of sp³-hybridized carbons (Fsp3) is 0.360. The van der Waals surface area contributed by atoms with Crippen molar-refractivity contribution < 1.29 is 23.8 Å². The zero-order chi connectivity index (χ0) is 26.0. The number of aromatic nitrogens is 1. The molecule has 0 bridgehead atoms. The molecule has 2 aromatic rings. The van der Waals surface area contributed by atoms with Crippen molar-refractivity contribution in [2.75, 3.05) is 27.4 Å². The van der Waals surface area contributed by atoms with Crippen LogP contribution in [0.3, 0.4) is 0 Å². The zero-order valence-corrected chi connectivity index (χ0v) is 20.5. The molecular formula is C25H32FN5O4. The summed E-state index contributed by atoms with van der Waals surface area (Å²) in [6.07, 6.45) is 1.97. The summed E-state index contributed by atoms with van der Waals surface area (Å²) < 4.78 is 19.5. The van der Waals surface area contributed by atoms with Gasteiger partial charge in [0, 0.05) is 32.9 Å². The summed E-state index contributed by atoms with van der Waals surface area (Å²) in [5, 5.41) is 9.66. The van der Waals surface area contributed by atoms with E-state index >= 15 is 0 Å². The standard InChI is InChI=1S/C25H32FN5O4/c1-18-9-10-21(28-14-18)15-31(17-35-22-8-6-7-20(26)13-22)23(24(27-3)30(5)16-32)25(34)29(4)12-11-19(2)33/h6-10,13-14,16,19,33H,3,11-12,15,17H2,1-2,4-5H3/b24-23+. The summed E-state index contributed by atoms with van der Waals surface area (Å²) in [4.78, 5) is 37.7. The summed E-state index contributed by atoms with van der Waals surface area (Å²) in [6, 6.07) is 9.33. The van der Waals surface area contributed by atoms with Gasteiger partial charge in [0.15, 0.2) is 12.6 Å². The molecule has 10 heteroatoms. The number of aliphatic imine (C=N–C) groups is 1. The molecule has 9 nitrogen and oxygen atoms in total. The average Bonchev–Trinajstić information content (AvgIpc) is 2.84. The van der Waals surface area contributed by atoms with Crippen molar-refractivity contribution in [1.29, 1.82) is 0 Å². The lowest BCUT2D eigenvalue weighted by molar-refractivity contribution is -0.128. The molecule has 0 fully saturated rings. The second-order valence-electron chi connectivity index (χ2n) is 8.17. The second-order valence-corrected chi connectivity index (χ2v) is 8.17. The molecule has 0 aliphatic rings. The molecule has 35 heavy (non-hydrogen) atoms. The van der Waals surface area contributed by atoms with E-state index < -0.39 is 17.8 Å². The van der Waals surface area contributed by atoms with Gasteiger partial charge >= 0.3 is 0 Å². The average molecular weight is 486 g/mol. The maximum atomic E-state index is 13.7. The normalized spacial score (nSPS) is 12.3. The number of halogens is 1. The number of carbonyl (C=O) groups is 2. The Labute approximate surface area is 205 Å². The van der Waals surface area contributed by atoms with Gasteiger partial charge in [-0.3, -0.25) is 14.6 Å². The summed E-state index contributed by atoms with van der Waals surface area (Å²) in [5.74, 6) is -0.647. The van der Waals surface area contributed by atoms with E-state index in [0.29, 0.717) is 18.5 Å². The second kappa shape index (κ2) is 13.2. The number of aliphatic hydroxyl groups excluding tert-OH is 1. The Kier molecular flexibility index (Phi) is 10.3. The number of carbonyl (C=O) groups excluding carboxylic acids is 2. The van der Waals surface area contributed by atoms with E-state index in [1.165, 1.54) is 30.1 Å². The molecule has 1 unspecified atom stereocenters. The van der Waals surface area contributed by atoms with E-state index in [-0.39, 0.29) is 37.1 Å². The third-order valence-corrected chi connectivity index (χ3v) is 5.11. The molecule has 0 aliphatic carbocycles. The van der Waals surface area contributed by atoms with Crippen LogP contribution in [0.25, 0.3) is 0 Å². The van der Waals surface area contributed by atoms with Gasteiger partial charge in [-0.2, -0.15) is 0 Å². The largest absolute Gasteiger partial charge is 0.473 e. The summed E-state index contributed by atoms with van der Waals surface area (Å²) in [6.45, 7) is 7.31. The zero-order valence-electron chi connectivity index (χ0n) is 20.5. The van der Waals surface area contributed by atoms with Gasteiger partial charge in [0.1, 0.15) is 17.3 Å². The molecule has 2 amide bonds. The van der Waals surface area contributed by atoms with E-state index in [4.69, 9.17) is 4.74 Å². The Bertz CT molecular complexity index is 1040. The molecule has 0 aliphatic heterocycles. The number of hydrogen-bond donors (Lipinski definition) is 1. The molecule has 1 heterocycles. The predicted molar refractivity (Wildman–Crippen MR) is 131 cm³/mol. The van der Waals surface area contributed by atoms with Crippen LogP contribution in [0.2, 0.25) is 0 Å². The van der Waals surface area contributed by atoms with Crippen molar-refractivity contribution in [3.05, 3.63) is 71.2 Å². The van der Waals surface area contributed by atoms with Gasteiger partial charge in [-0.25, -0.2) is 9.38 Å². The molecule has 1 N–H and O–H groups in total. The number of aliphatic hydroxyl groups is 1. The number of amides is 2. The number of likely N-dealkylation sites (N-methyl/N-ethyl adjacent to an activating group) is 1. The lowest BCUT2D eigenvalue weighted by atomic mass is 10.2. The van der Waals surface area contributed by atoms with Gasteiger partial charge in [-0.05, 0) is 50.7 Å². The molecular weight excluding hydrogens is 453 g/mol. The van der Waals surface area contributed by atoms with Gasteiger partial charge in [0.25, 0.3) is 5.91 Å². The maximum absolute atomic E-state index is 13.7. The van der Waals surface area contributed by atoms with Crippen LogP contribution in [0, 0.1) is 12.7 Å². The van der Waals surface area contributed by atoms with Crippen molar-refractivity contribution in [2.45, 2.75) is 32.9 Å². The lowest BCUT2D eigenvalue weighted by Crippen LogP contribution is -2.41. The van der Waals surface area contributed by atoms with Crippen LogP contribution in [0.4, 0.5) is 4.39 Å². The molecule has 2 rings (SSSR count). The van der Waals surface area contributed by atoms with Crippen LogP contribution in [-0.4, -0.2) is 77.3 Å². The molecule has 1 atom stereocenters. The van der Waals surface area contributed by atoms with E-state index in [1.54, 1.807) is 31.1 Å². The number of ether oxygens (including phenoxy) is 1. The van der Waals surface area contributed by atoms with Crippen molar-refractivity contribution in [3.63, 3.8) is 0 Å². The van der Waals surface area contributed by atoms with Crippen molar-refractivity contribution >= 4 is 19.0 Å². The van der Waals surface area contributed by atoms with E-state index in [2.05, 4.69) is 16.7 Å². The minimum absolute atomic E-state index is 0.0175. The minimum atomic E-state index is -0.600. The number of nitrogens with zero attached hydrogens (tertiary/aromatic N) is 5. The van der Waals surface area contributed by atoms with E-state index in [1.807, 2.05) is 19.1 Å². The minimum Gasteiger partial charge on any atom is -0.473 e. The Morgan fingerprint density at radius 1 is 1.31 bits per heavy atom. The smallest absolute Gasteiger partial charge is 0.273 e. The highest BCUT2D eigenvalue weighted by Gasteiger charge is 2.28. The van der Waals surface area contributed by atoms with Gasteiger partial charge in [-0.1, -0.05) is 12.1 Å². The van der Waals surface area contributed by atoms with E-state index in [9.17, 15) is 19.1 Å². The van der Waals surface area contributed by atoms with Crippen LogP contribution in [-0.2, 0) is 16.1 Å². The first-order chi connectivity index (χ1) is 16.7.